The average Bonchev–Trinajstić information content (AvgIpc) is 2.41. The van der Waals surface area contributed by atoms with E-state index >= 15 is 0 Å². The van der Waals surface area contributed by atoms with Gasteiger partial charge in [0.1, 0.15) is 5.75 Å². The quantitative estimate of drug-likeness (QED) is 0.802. The normalized spacial score (nSPS) is 22.7. The highest BCUT2D eigenvalue weighted by molar-refractivity contribution is 5.63. The summed E-state index contributed by atoms with van der Waals surface area (Å²) in [6.45, 7) is 2.62. The second kappa shape index (κ2) is 4.86. The van der Waals surface area contributed by atoms with E-state index in [1.54, 1.807) is 7.11 Å². The second-order valence-electron chi connectivity index (χ2n) is 4.77. The number of anilines is 1. The lowest BCUT2D eigenvalue weighted by Gasteiger charge is -2.32. The number of rotatable bonds is 3. The Hall–Kier alpha value is -1.74. The van der Waals surface area contributed by atoms with E-state index in [9.17, 15) is 0 Å². The van der Waals surface area contributed by atoms with Gasteiger partial charge in [0.2, 0.25) is 0 Å². The fourth-order valence-corrected chi connectivity index (χ4v) is 2.39. The van der Waals surface area contributed by atoms with Gasteiger partial charge >= 0.3 is 0 Å². The van der Waals surface area contributed by atoms with E-state index in [0.29, 0.717) is 18.0 Å². The fraction of sp³-hybridized carbons (Fsp3) is 0.333. The topological polar surface area (TPSA) is 61.3 Å². The minimum atomic E-state index is -0.210. The molecule has 1 aromatic carbocycles. The first-order valence-electron chi connectivity index (χ1n) is 6.12. The lowest BCUT2D eigenvalue weighted by atomic mass is 9.74. The Morgan fingerprint density at radius 1 is 1.39 bits per heavy atom. The Kier molecular flexibility index (Phi) is 3.43. The van der Waals surface area contributed by atoms with Crippen molar-refractivity contribution < 1.29 is 4.74 Å². The molecule has 3 heteroatoms. The maximum atomic E-state index is 6.18. The smallest absolute Gasteiger partial charge is 0.142 e. The molecule has 0 radical (unpaired) electrons. The van der Waals surface area contributed by atoms with E-state index in [1.165, 1.54) is 5.57 Å². The summed E-state index contributed by atoms with van der Waals surface area (Å²) >= 11 is 0. The Morgan fingerprint density at radius 3 is 2.72 bits per heavy atom. The molecule has 0 aromatic heterocycles. The summed E-state index contributed by atoms with van der Waals surface area (Å²) in [7, 11) is 1.63. The van der Waals surface area contributed by atoms with Gasteiger partial charge in [-0.1, -0.05) is 35.9 Å². The van der Waals surface area contributed by atoms with Crippen LogP contribution < -0.4 is 16.2 Å². The van der Waals surface area contributed by atoms with Crippen LogP contribution in [-0.4, -0.2) is 13.7 Å². The van der Waals surface area contributed by atoms with Crippen molar-refractivity contribution in [3.8, 4) is 5.75 Å². The van der Waals surface area contributed by atoms with Crippen LogP contribution in [0.4, 0.5) is 5.69 Å². The van der Waals surface area contributed by atoms with E-state index in [-0.39, 0.29) is 5.41 Å². The van der Waals surface area contributed by atoms with E-state index in [2.05, 4.69) is 25.2 Å². The van der Waals surface area contributed by atoms with Gasteiger partial charge in [-0.25, -0.2) is 0 Å². The lowest BCUT2D eigenvalue weighted by Crippen LogP contribution is -2.34. The number of hydrogen-bond acceptors (Lipinski definition) is 3. The Bertz CT molecular complexity index is 505. The van der Waals surface area contributed by atoms with Crippen LogP contribution in [0.15, 0.2) is 42.0 Å². The van der Waals surface area contributed by atoms with Crippen molar-refractivity contribution in [2.24, 2.45) is 5.73 Å². The van der Waals surface area contributed by atoms with Gasteiger partial charge in [0, 0.05) is 12.0 Å². The summed E-state index contributed by atoms with van der Waals surface area (Å²) in [5.74, 6) is 0.708. The zero-order valence-corrected chi connectivity index (χ0v) is 10.9. The molecule has 3 nitrogen and oxygen atoms in total. The van der Waals surface area contributed by atoms with Crippen LogP contribution in [-0.2, 0) is 5.41 Å². The molecule has 0 saturated carbocycles. The molecule has 0 fully saturated rings. The summed E-state index contributed by atoms with van der Waals surface area (Å²) in [6.07, 6.45) is 7.34. The molecule has 0 amide bonds. The monoisotopic (exact) mass is 244 g/mol. The first-order chi connectivity index (χ1) is 8.63. The fourth-order valence-electron chi connectivity index (χ4n) is 2.39. The van der Waals surface area contributed by atoms with E-state index < -0.39 is 0 Å². The standard InChI is InChI=1S/C15H20N2O/c1-11-6-8-15(10-16,9-7-11)12-4-3-5-13(18-2)14(12)17/h3-8H,9-10,16-17H2,1-2H3. The molecule has 0 bridgehead atoms. The molecule has 0 saturated heterocycles. The largest absolute Gasteiger partial charge is 0.495 e. The van der Waals surface area contributed by atoms with E-state index in [4.69, 9.17) is 16.2 Å². The zero-order chi connectivity index (χ0) is 13.2. The van der Waals surface area contributed by atoms with Gasteiger partial charge in [-0.2, -0.15) is 0 Å². The van der Waals surface area contributed by atoms with Crippen molar-refractivity contribution in [2.75, 3.05) is 19.4 Å². The number of methoxy groups -OCH3 is 1. The van der Waals surface area contributed by atoms with Crippen molar-refractivity contribution in [3.63, 3.8) is 0 Å². The maximum absolute atomic E-state index is 6.18. The van der Waals surface area contributed by atoms with Crippen LogP contribution in [0.3, 0.4) is 0 Å². The summed E-state index contributed by atoms with van der Waals surface area (Å²) in [6, 6.07) is 5.86. The van der Waals surface area contributed by atoms with Crippen molar-refractivity contribution >= 4 is 5.69 Å². The number of nitrogen functional groups attached to an aromatic ring is 1. The number of para-hydroxylation sites is 1. The number of benzene rings is 1. The first-order valence-corrected chi connectivity index (χ1v) is 6.12. The van der Waals surface area contributed by atoms with Crippen LogP contribution in [0.5, 0.6) is 5.75 Å². The predicted octanol–water partition coefficient (Wildman–Crippen LogP) is 2.38. The van der Waals surface area contributed by atoms with Gasteiger partial charge in [-0.15, -0.1) is 0 Å². The van der Waals surface area contributed by atoms with E-state index in [0.717, 1.165) is 12.0 Å². The lowest BCUT2D eigenvalue weighted by molar-refractivity contribution is 0.415. The molecule has 0 spiro atoms. The molecule has 96 valence electrons. The third-order valence-electron chi connectivity index (χ3n) is 3.64. The van der Waals surface area contributed by atoms with Crippen LogP contribution >= 0.6 is 0 Å². The van der Waals surface area contributed by atoms with Crippen LogP contribution in [0.25, 0.3) is 0 Å². The molecule has 1 aliphatic carbocycles. The van der Waals surface area contributed by atoms with Crippen LogP contribution in [0, 0.1) is 0 Å². The Morgan fingerprint density at radius 2 is 2.17 bits per heavy atom. The summed E-state index contributed by atoms with van der Waals surface area (Å²) in [5, 5.41) is 0. The molecular formula is C15H20N2O. The zero-order valence-electron chi connectivity index (χ0n) is 10.9. The Labute approximate surface area is 108 Å². The average molecular weight is 244 g/mol. The van der Waals surface area contributed by atoms with Crippen molar-refractivity contribution in [1.29, 1.82) is 0 Å². The Balaban J connectivity index is 2.50. The van der Waals surface area contributed by atoms with Crippen molar-refractivity contribution in [1.82, 2.24) is 0 Å². The van der Waals surface area contributed by atoms with Crippen molar-refractivity contribution in [3.05, 3.63) is 47.6 Å². The molecule has 18 heavy (non-hydrogen) atoms. The summed E-state index contributed by atoms with van der Waals surface area (Å²) < 4.78 is 5.28. The van der Waals surface area contributed by atoms with Crippen LogP contribution in [0.1, 0.15) is 18.9 Å². The summed E-state index contributed by atoms with van der Waals surface area (Å²) in [4.78, 5) is 0. The molecular weight excluding hydrogens is 224 g/mol. The number of allylic oxidation sites excluding steroid dienone is 3. The third kappa shape index (κ3) is 2.02. The van der Waals surface area contributed by atoms with Gasteiger partial charge in [0.05, 0.1) is 12.8 Å². The molecule has 1 aromatic rings. The first kappa shape index (κ1) is 12.7. The van der Waals surface area contributed by atoms with Gasteiger partial charge in [0.25, 0.3) is 0 Å². The minimum Gasteiger partial charge on any atom is -0.495 e. The van der Waals surface area contributed by atoms with Gasteiger partial charge in [-0.05, 0) is 25.0 Å². The third-order valence-corrected chi connectivity index (χ3v) is 3.64. The molecule has 2 rings (SSSR count). The molecule has 1 atom stereocenters. The molecule has 1 aliphatic rings. The maximum Gasteiger partial charge on any atom is 0.142 e. The molecule has 0 aliphatic heterocycles. The van der Waals surface area contributed by atoms with Crippen LogP contribution in [0.2, 0.25) is 0 Å². The highest BCUT2D eigenvalue weighted by Crippen LogP contribution is 2.39. The number of hydrogen-bond donors (Lipinski definition) is 2. The highest BCUT2D eigenvalue weighted by atomic mass is 16.5. The highest BCUT2D eigenvalue weighted by Gasteiger charge is 2.31. The number of nitrogens with two attached hydrogens (primary N) is 2. The van der Waals surface area contributed by atoms with Gasteiger partial charge in [-0.3, -0.25) is 0 Å². The summed E-state index contributed by atoms with van der Waals surface area (Å²) in [5.41, 5.74) is 15.0. The van der Waals surface area contributed by atoms with E-state index in [1.807, 2.05) is 18.2 Å². The second-order valence-corrected chi connectivity index (χ2v) is 4.77. The number of ether oxygens (including phenoxy) is 1. The predicted molar refractivity (Wildman–Crippen MR) is 75.7 cm³/mol. The molecule has 0 heterocycles. The SMILES string of the molecule is COc1cccc(C2(CN)C=CC(C)=CC2)c1N. The molecule has 1 unspecified atom stereocenters. The van der Waals surface area contributed by atoms with Gasteiger partial charge in [0.15, 0.2) is 0 Å². The molecule has 4 N–H and O–H groups in total. The minimum absolute atomic E-state index is 0.210. The van der Waals surface area contributed by atoms with Crippen molar-refractivity contribution in [2.45, 2.75) is 18.8 Å². The van der Waals surface area contributed by atoms with Gasteiger partial charge < -0.3 is 16.2 Å².